The van der Waals surface area contributed by atoms with Crippen LogP contribution < -0.4 is 4.90 Å². The Morgan fingerprint density at radius 1 is 1.14 bits per heavy atom. The van der Waals surface area contributed by atoms with Crippen molar-refractivity contribution in [3.63, 3.8) is 0 Å². The average molecular weight is 527 g/mol. The Morgan fingerprint density at radius 3 is 2.59 bits per heavy atom. The quantitative estimate of drug-likeness (QED) is 0.436. The Bertz CT molecular complexity index is 1180. The molecular weight excluding hydrogens is 496 g/mol. The van der Waals surface area contributed by atoms with Gasteiger partial charge in [0.1, 0.15) is 24.1 Å². The van der Waals surface area contributed by atoms with Gasteiger partial charge in [0, 0.05) is 31.7 Å². The first-order valence-electron chi connectivity index (χ1n) is 12.2. The van der Waals surface area contributed by atoms with Gasteiger partial charge in [0.25, 0.3) is 0 Å². The number of rotatable bonds is 4. The zero-order valence-electron chi connectivity index (χ0n) is 21.3. The van der Waals surface area contributed by atoms with Crippen LogP contribution >= 0.6 is 11.6 Å². The summed E-state index contributed by atoms with van der Waals surface area (Å²) in [4.78, 5) is 43.2. The van der Waals surface area contributed by atoms with Crippen molar-refractivity contribution >= 4 is 29.6 Å². The molecule has 2 aliphatic heterocycles. The molecule has 2 aliphatic rings. The molecule has 2 aromatic rings. The van der Waals surface area contributed by atoms with E-state index in [0.717, 1.165) is 11.1 Å². The number of nitrogens with zero attached hydrogens (tertiary/aromatic N) is 6. The molecule has 37 heavy (non-hydrogen) atoms. The van der Waals surface area contributed by atoms with E-state index < -0.39 is 17.8 Å². The highest BCUT2D eigenvalue weighted by atomic mass is 35.5. The van der Waals surface area contributed by atoms with Crippen LogP contribution in [-0.4, -0.2) is 76.3 Å². The van der Waals surface area contributed by atoms with Crippen LogP contribution in [0.4, 0.5) is 15.4 Å². The Balaban J connectivity index is 1.47. The topological polar surface area (TPSA) is 92.5 Å². The molecule has 0 saturated carbocycles. The standard InChI is InChI=1S/C26H31ClN6O4/c1-26(2,3)37-24(34)32-11-10-20-21(16-32)29-23(27)30-22(20)31-12-13-33(19(15-31)14-28-4)25(35)36-17-18-8-6-5-7-9-18/h5-9,19H,10-17H2,1-3H3/t19-/m1/s1. The lowest BCUT2D eigenvalue weighted by Gasteiger charge is -2.40. The van der Waals surface area contributed by atoms with Crippen molar-refractivity contribution in [1.82, 2.24) is 19.8 Å². The van der Waals surface area contributed by atoms with Crippen LogP contribution in [0.3, 0.4) is 0 Å². The lowest BCUT2D eigenvalue weighted by Crippen LogP contribution is -2.57. The van der Waals surface area contributed by atoms with Gasteiger partial charge in [-0.1, -0.05) is 30.3 Å². The summed E-state index contributed by atoms with van der Waals surface area (Å²) in [6, 6.07) is 9.12. The highest BCUT2D eigenvalue weighted by Gasteiger charge is 2.36. The molecular formula is C26H31ClN6O4. The minimum absolute atomic E-state index is 0.0891. The van der Waals surface area contributed by atoms with Crippen molar-refractivity contribution in [2.75, 3.05) is 37.6 Å². The van der Waals surface area contributed by atoms with Crippen molar-refractivity contribution in [2.45, 2.75) is 52.0 Å². The van der Waals surface area contributed by atoms with Gasteiger partial charge in [-0.2, -0.15) is 0 Å². The Kier molecular flexibility index (Phi) is 8.03. The van der Waals surface area contributed by atoms with E-state index >= 15 is 0 Å². The molecule has 0 radical (unpaired) electrons. The average Bonchev–Trinajstić information content (AvgIpc) is 2.86. The van der Waals surface area contributed by atoms with Crippen molar-refractivity contribution in [1.29, 1.82) is 0 Å². The van der Waals surface area contributed by atoms with E-state index in [9.17, 15) is 9.59 Å². The molecule has 3 heterocycles. The molecule has 1 fully saturated rings. The van der Waals surface area contributed by atoms with Crippen molar-refractivity contribution in [3.05, 3.63) is 63.9 Å². The third-order valence-corrected chi connectivity index (χ3v) is 6.36. The number of amides is 2. The van der Waals surface area contributed by atoms with Crippen LogP contribution in [0.1, 0.15) is 37.6 Å². The molecule has 1 saturated heterocycles. The fourth-order valence-corrected chi connectivity index (χ4v) is 4.66. The van der Waals surface area contributed by atoms with Crippen LogP contribution in [-0.2, 0) is 29.0 Å². The number of hydrogen-bond donors (Lipinski definition) is 0. The first kappa shape index (κ1) is 26.5. The number of piperazine rings is 1. The molecule has 1 atom stereocenters. The predicted molar refractivity (Wildman–Crippen MR) is 138 cm³/mol. The first-order valence-corrected chi connectivity index (χ1v) is 12.6. The molecule has 0 N–H and O–H groups in total. The molecule has 196 valence electrons. The number of hydrogen-bond acceptors (Lipinski definition) is 7. The molecule has 0 aliphatic carbocycles. The summed E-state index contributed by atoms with van der Waals surface area (Å²) < 4.78 is 11.0. The van der Waals surface area contributed by atoms with Gasteiger partial charge in [0.05, 0.1) is 12.2 Å². The van der Waals surface area contributed by atoms with E-state index in [-0.39, 0.29) is 31.0 Å². The largest absolute Gasteiger partial charge is 0.445 e. The van der Waals surface area contributed by atoms with Gasteiger partial charge in [-0.25, -0.2) is 26.1 Å². The van der Waals surface area contributed by atoms with Crippen LogP contribution in [0.25, 0.3) is 4.85 Å². The second kappa shape index (κ2) is 11.2. The fourth-order valence-electron chi connectivity index (χ4n) is 4.48. The summed E-state index contributed by atoms with van der Waals surface area (Å²) in [6.45, 7) is 15.3. The molecule has 2 amide bonds. The molecule has 0 unspecified atom stereocenters. The third kappa shape index (κ3) is 6.60. The number of aromatic nitrogens is 2. The fraction of sp³-hybridized carbons (Fsp3) is 0.500. The third-order valence-electron chi connectivity index (χ3n) is 6.19. The molecule has 11 heteroatoms. The Hall–Kier alpha value is -3.58. The number of ether oxygens (including phenoxy) is 2. The smallest absolute Gasteiger partial charge is 0.410 e. The number of benzene rings is 1. The maximum Gasteiger partial charge on any atom is 0.410 e. The van der Waals surface area contributed by atoms with Gasteiger partial charge in [-0.3, -0.25) is 4.90 Å². The van der Waals surface area contributed by atoms with E-state index in [1.165, 1.54) is 0 Å². The summed E-state index contributed by atoms with van der Waals surface area (Å²) in [5, 5.41) is 0.0891. The zero-order valence-corrected chi connectivity index (χ0v) is 22.1. The second-order valence-corrected chi connectivity index (χ2v) is 10.4. The summed E-state index contributed by atoms with van der Waals surface area (Å²) >= 11 is 6.29. The van der Waals surface area contributed by atoms with Crippen LogP contribution in [0.15, 0.2) is 30.3 Å². The van der Waals surface area contributed by atoms with Crippen LogP contribution in [0, 0.1) is 6.57 Å². The van der Waals surface area contributed by atoms with E-state index in [0.29, 0.717) is 44.1 Å². The second-order valence-electron chi connectivity index (χ2n) is 10.1. The van der Waals surface area contributed by atoms with Gasteiger partial charge in [-0.15, -0.1) is 0 Å². The number of halogens is 1. The monoisotopic (exact) mass is 526 g/mol. The normalized spacial score (nSPS) is 17.6. The molecule has 1 aromatic heterocycles. The van der Waals surface area contributed by atoms with Gasteiger partial charge < -0.3 is 24.1 Å². The minimum Gasteiger partial charge on any atom is -0.445 e. The first-order chi connectivity index (χ1) is 17.6. The van der Waals surface area contributed by atoms with E-state index in [2.05, 4.69) is 14.8 Å². The molecule has 10 nitrogen and oxygen atoms in total. The number of carbonyl (C=O) groups is 2. The SMILES string of the molecule is [C-]#[N+]C[C@@H]1CN(c2nc(Cl)nc3c2CCN(C(=O)OC(C)(C)C)C3)CCN1C(=O)OCc1ccccc1. The molecule has 1 aromatic carbocycles. The number of anilines is 1. The van der Waals surface area contributed by atoms with Gasteiger partial charge in [-0.05, 0) is 44.4 Å². The Labute approximate surface area is 221 Å². The zero-order chi connectivity index (χ0) is 26.6. The molecule has 0 bridgehead atoms. The highest BCUT2D eigenvalue weighted by Crippen LogP contribution is 2.30. The van der Waals surface area contributed by atoms with Crippen LogP contribution in [0.2, 0.25) is 5.28 Å². The predicted octanol–water partition coefficient (Wildman–Crippen LogP) is 4.17. The summed E-state index contributed by atoms with van der Waals surface area (Å²) in [5.41, 5.74) is 1.91. The highest BCUT2D eigenvalue weighted by molar-refractivity contribution is 6.28. The molecule has 4 rings (SSSR count). The van der Waals surface area contributed by atoms with Crippen molar-refractivity contribution in [2.24, 2.45) is 0 Å². The van der Waals surface area contributed by atoms with Gasteiger partial charge in [0.2, 0.25) is 11.8 Å². The van der Waals surface area contributed by atoms with Gasteiger partial charge in [0.15, 0.2) is 0 Å². The van der Waals surface area contributed by atoms with E-state index in [4.69, 9.17) is 27.6 Å². The summed E-state index contributed by atoms with van der Waals surface area (Å²) in [5.74, 6) is 0.686. The lowest BCUT2D eigenvalue weighted by molar-refractivity contribution is 0.0220. The van der Waals surface area contributed by atoms with Crippen molar-refractivity contribution in [3.8, 4) is 0 Å². The minimum atomic E-state index is -0.592. The van der Waals surface area contributed by atoms with E-state index in [1.54, 1.807) is 9.80 Å². The van der Waals surface area contributed by atoms with Gasteiger partial charge >= 0.3 is 12.2 Å². The maximum atomic E-state index is 12.9. The summed E-state index contributed by atoms with van der Waals surface area (Å²) in [7, 11) is 0. The molecule has 0 spiro atoms. The lowest BCUT2D eigenvalue weighted by atomic mass is 10.0. The Morgan fingerprint density at radius 2 is 1.89 bits per heavy atom. The number of fused-ring (bicyclic) bond motifs is 1. The van der Waals surface area contributed by atoms with Crippen molar-refractivity contribution < 1.29 is 19.1 Å². The van der Waals surface area contributed by atoms with Crippen LogP contribution in [0.5, 0.6) is 0 Å². The summed E-state index contributed by atoms with van der Waals surface area (Å²) in [6.07, 6.45) is -0.282. The maximum absolute atomic E-state index is 12.9. The number of carbonyl (C=O) groups excluding carboxylic acids is 2. The van der Waals surface area contributed by atoms with E-state index in [1.807, 2.05) is 56.0 Å².